The molecular formula is C13H14FN3OS. The van der Waals surface area contributed by atoms with Crippen LogP contribution in [0, 0.1) is 5.92 Å². The molecule has 4 nitrogen and oxygen atoms in total. The average molecular weight is 279 g/mol. The molecule has 1 saturated carbocycles. The summed E-state index contributed by atoms with van der Waals surface area (Å²) in [4.78, 5) is 17.9. The van der Waals surface area contributed by atoms with Crippen molar-refractivity contribution in [2.45, 2.75) is 31.5 Å². The highest BCUT2D eigenvalue weighted by Crippen LogP contribution is 2.33. The summed E-state index contributed by atoms with van der Waals surface area (Å²) in [5.74, 6) is -0.459. The summed E-state index contributed by atoms with van der Waals surface area (Å²) in [6.07, 6.45) is 4.16. The van der Waals surface area contributed by atoms with Crippen LogP contribution in [0.1, 0.15) is 19.3 Å². The Morgan fingerprint density at radius 2 is 2.32 bits per heavy atom. The lowest BCUT2D eigenvalue weighted by molar-refractivity contribution is -0.124. The van der Waals surface area contributed by atoms with Crippen molar-refractivity contribution < 1.29 is 9.18 Å². The summed E-state index contributed by atoms with van der Waals surface area (Å²) < 4.78 is 13.9. The minimum atomic E-state index is -1.00. The maximum Gasteiger partial charge on any atom is 0.238 e. The van der Waals surface area contributed by atoms with Crippen molar-refractivity contribution in [2.24, 2.45) is 5.92 Å². The van der Waals surface area contributed by atoms with Gasteiger partial charge in [0.2, 0.25) is 5.91 Å². The van der Waals surface area contributed by atoms with E-state index in [2.05, 4.69) is 10.3 Å². The number of nitrogens with zero attached hydrogens (tertiary/aromatic N) is 2. The number of alkyl halides is 1. The van der Waals surface area contributed by atoms with Crippen LogP contribution in [0.2, 0.25) is 0 Å². The molecule has 3 unspecified atom stereocenters. The molecule has 1 saturated heterocycles. The first-order valence-corrected chi connectivity index (χ1v) is 6.78. The van der Waals surface area contributed by atoms with Crippen LogP contribution < -0.4 is 10.2 Å². The Bertz CT molecular complexity index is 510. The van der Waals surface area contributed by atoms with Gasteiger partial charge in [-0.1, -0.05) is 0 Å². The van der Waals surface area contributed by atoms with Crippen molar-refractivity contribution in [3.05, 3.63) is 24.5 Å². The SMILES string of the molecule is O=C1C2CCCC(F)C2NC(=S)N1c1cccnc1. The number of amides is 1. The molecular weight excluding hydrogens is 265 g/mol. The zero-order chi connectivity index (χ0) is 13.4. The lowest BCUT2D eigenvalue weighted by Crippen LogP contribution is -2.64. The molecule has 1 aliphatic carbocycles. The number of hydrogen-bond donors (Lipinski definition) is 1. The minimum Gasteiger partial charge on any atom is -0.355 e. The molecule has 1 N–H and O–H groups in total. The normalized spacial score (nSPS) is 30.8. The van der Waals surface area contributed by atoms with Gasteiger partial charge in [0.25, 0.3) is 0 Å². The third kappa shape index (κ3) is 2.10. The Morgan fingerprint density at radius 1 is 1.47 bits per heavy atom. The van der Waals surface area contributed by atoms with Gasteiger partial charge in [-0.05, 0) is 43.6 Å². The van der Waals surface area contributed by atoms with Crippen LogP contribution in [0.3, 0.4) is 0 Å². The number of pyridine rings is 1. The van der Waals surface area contributed by atoms with Gasteiger partial charge >= 0.3 is 0 Å². The van der Waals surface area contributed by atoms with Crippen LogP contribution in [-0.2, 0) is 4.79 Å². The number of halogens is 1. The molecule has 1 aromatic heterocycles. The highest BCUT2D eigenvalue weighted by atomic mass is 32.1. The molecule has 2 heterocycles. The van der Waals surface area contributed by atoms with Gasteiger partial charge in [-0.25, -0.2) is 4.39 Å². The van der Waals surface area contributed by atoms with Gasteiger partial charge < -0.3 is 5.32 Å². The summed E-state index contributed by atoms with van der Waals surface area (Å²) in [5.41, 5.74) is 0.629. The number of fused-ring (bicyclic) bond motifs is 1. The lowest BCUT2D eigenvalue weighted by atomic mass is 9.81. The predicted molar refractivity (Wildman–Crippen MR) is 73.5 cm³/mol. The first-order valence-electron chi connectivity index (χ1n) is 6.37. The molecule has 2 aliphatic rings. The molecule has 19 heavy (non-hydrogen) atoms. The number of carbonyl (C=O) groups is 1. The Morgan fingerprint density at radius 3 is 3.05 bits per heavy atom. The van der Waals surface area contributed by atoms with Gasteiger partial charge in [0, 0.05) is 6.20 Å². The molecule has 1 aromatic rings. The number of anilines is 1. The fourth-order valence-electron chi connectivity index (χ4n) is 2.82. The Balaban J connectivity index is 1.92. The molecule has 2 fully saturated rings. The summed E-state index contributed by atoms with van der Waals surface area (Å²) >= 11 is 5.21. The van der Waals surface area contributed by atoms with Gasteiger partial charge in [0.05, 0.1) is 23.8 Å². The number of carbonyl (C=O) groups excluding carboxylic acids is 1. The third-order valence-electron chi connectivity index (χ3n) is 3.75. The molecule has 3 atom stereocenters. The average Bonchev–Trinajstić information content (AvgIpc) is 2.41. The van der Waals surface area contributed by atoms with Crippen molar-refractivity contribution in [1.29, 1.82) is 0 Å². The maximum atomic E-state index is 13.9. The second kappa shape index (κ2) is 4.85. The van der Waals surface area contributed by atoms with Crippen LogP contribution in [0.15, 0.2) is 24.5 Å². The molecule has 100 valence electrons. The number of nitrogens with one attached hydrogen (secondary N) is 1. The second-order valence-corrected chi connectivity index (χ2v) is 5.30. The summed E-state index contributed by atoms with van der Waals surface area (Å²) in [6, 6.07) is 3.05. The molecule has 6 heteroatoms. The lowest BCUT2D eigenvalue weighted by Gasteiger charge is -2.42. The van der Waals surface area contributed by atoms with Gasteiger partial charge in [-0.2, -0.15) is 0 Å². The monoisotopic (exact) mass is 279 g/mol. The van der Waals surface area contributed by atoms with E-state index in [9.17, 15) is 9.18 Å². The van der Waals surface area contributed by atoms with E-state index >= 15 is 0 Å². The summed E-state index contributed by atoms with van der Waals surface area (Å²) in [6.45, 7) is 0. The predicted octanol–water partition coefficient (Wildman–Crippen LogP) is 1.81. The largest absolute Gasteiger partial charge is 0.355 e. The van der Waals surface area contributed by atoms with Crippen LogP contribution in [0.5, 0.6) is 0 Å². The van der Waals surface area contributed by atoms with Crippen molar-refractivity contribution in [3.63, 3.8) is 0 Å². The fourth-order valence-corrected chi connectivity index (χ4v) is 3.15. The number of thiocarbonyl (C=S) groups is 1. The fraction of sp³-hybridized carbons (Fsp3) is 0.462. The standard InChI is InChI=1S/C13H14FN3OS/c14-10-5-1-4-9-11(10)16-13(19)17(12(9)18)8-3-2-6-15-7-8/h2-3,6-7,9-11H,1,4-5H2,(H,16,19). The minimum absolute atomic E-state index is 0.121. The third-order valence-corrected chi connectivity index (χ3v) is 4.05. The van der Waals surface area contributed by atoms with Crippen LogP contribution >= 0.6 is 12.2 Å². The molecule has 0 bridgehead atoms. The van der Waals surface area contributed by atoms with Gasteiger partial charge in [-0.3, -0.25) is 14.7 Å². The van der Waals surface area contributed by atoms with Crippen LogP contribution in [0.4, 0.5) is 10.1 Å². The van der Waals surface area contributed by atoms with Gasteiger partial charge in [-0.15, -0.1) is 0 Å². The Labute approximate surface area is 116 Å². The number of hydrogen-bond acceptors (Lipinski definition) is 3. The van der Waals surface area contributed by atoms with E-state index in [1.165, 1.54) is 4.90 Å². The molecule has 1 amide bonds. The van der Waals surface area contributed by atoms with Crippen molar-refractivity contribution in [3.8, 4) is 0 Å². The zero-order valence-corrected chi connectivity index (χ0v) is 11.1. The van der Waals surface area contributed by atoms with E-state index in [-0.39, 0.29) is 16.9 Å². The van der Waals surface area contributed by atoms with E-state index in [1.807, 2.05) is 0 Å². The number of aromatic nitrogens is 1. The molecule has 0 spiro atoms. The summed E-state index contributed by atoms with van der Waals surface area (Å²) in [7, 11) is 0. The van der Waals surface area contributed by atoms with Crippen LogP contribution in [0.25, 0.3) is 0 Å². The zero-order valence-electron chi connectivity index (χ0n) is 10.3. The van der Waals surface area contributed by atoms with Gasteiger partial charge in [0.15, 0.2) is 5.11 Å². The van der Waals surface area contributed by atoms with Crippen molar-refractivity contribution >= 4 is 28.9 Å². The molecule has 3 rings (SSSR count). The highest BCUT2D eigenvalue weighted by Gasteiger charge is 2.45. The Kier molecular flexibility index (Phi) is 3.18. The van der Waals surface area contributed by atoms with Gasteiger partial charge in [0.1, 0.15) is 6.17 Å². The van der Waals surface area contributed by atoms with Crippen LogP contribution in [-0.4, -0.2) is 28.2 Å². The first-order chi connectivity index (χ1) is 9.18. The molecule has 0 aromatic carbocycles. The summed E-state index contributed by atoms with van der Waals surface area (Å²) in [5, 5.41) is 3.25. The second-order valence-electron chi connectivity index (χ2n) is 4.91. The molecule has 1 aliphatic heterocycles. The highest BCUT2D eigenvalue weighted by molar-refractivity contribution is 7.80. The van der Waals surface area contributed by atoms with E-state index in [1.54, 1.807) is 24.5 Å². The smallest absolute Gasteiger partial charge is 0.238 e. The topological polar surface area (TPSA) is 45.2 Å². The Hall–Kier alpha value is -1.56. The van der Waals surface area contributed by atoms with E-state index in [4.69, 9.17) is 12.2 Å². The molecule has 0 radical (unpaired) electrons. The quantitative estimate of drug-likeness (QED) is 0.796. The van der Waals surface area contributed by atoms with Crippen molar-refractivity contribution in [1.82, 2.24) is 10.3 Å². The van der Waals surface area contributed by atoms with Crippen molar-refractivity contribution in [2.75, 3.05) is 4.90 Å². The van der Waals surface area contributed by atoms with E-state index in [0.29, 0.717) is 18.5 Å². The van der Waals surface area contributed by atoms with E-state index in [0.717, 1.165) is 6.42 Å². The number of rotatable bonds is 1. The maximum absolute atomic E-state index is 13.9. The first kappa shape index (κ1) is 12.5. The van der Waals surface area contributed by atoms with E-state index < -0.39 is 12.2 Å².